The summed E-state index contributed by atoms with van der Waals surface area (Å²) in [6.45, 7) is 5.68. The highest BCUT2D eigenvalue weighted by molar-refractivity contribution is 5.94. The maximum atomic E-state index is 12.2. The zero-order valence-electron chi connectivity index (χ0n) is 19.0. The number of hydrogen-bond acceptors (Lipinski definition) is 2. The maximum absolute atomic E-state index is 12.2. The molecule has 0 bridgehead atoms. The van der Waals surface area contributed by atoms with E-state index in [0.29, 0.717) is 6.54 Å². The van der Waals surface area contributed by atoms with Crippen molar-refractivity contribution >= 4 is 16.9 Å². The Morgan fingerprint density at radius 3 is 2.28 bits per heavy atom. The summed E-state index contributed by atoms with van der Waals surface area (Å²) in [7, 11) is 0. The summed E-state index contributed by atoms with van der Waals surface area (Å²) < 4.78 is 2.35. The SMILES string of the molecule is Cc1ccc(Cn2c(CCCCCNC(=O)c3ccc(C)cc3)nc3ccccc32)cc1. The minimum absolute atomic E-state index is 0.00453. The van der Waals surface area contributed by atoms with E-state index in [1.54, 1.807) is 0 Å². The monoisotopic (exact) mass is 425 g/mol. The van der Waals surface area contributed by atoms with Gasteiger partial charge in [0.1, 0.15) is 5.82 Å². The van der Waals surface area contributed by atoms with Crippen LogP contribution in [-0.2, 0) is 13.0 Å². The van der Waals surface area contributed by atoms with Crippen LogP contribution in [0.3, 0.4) is 0 Å². The van der Waals surface area contributed by atoms with Gasteiger partial charge >= 0.3 is 0 Å². The highest BCUT2D eigenvalue weighted by Gasteiger charge is 2.11. The Labute approximate surface area is 190 Å². The van der Waals surface area contributed by atoms with Crippen LogP contribution in [0.25, 0.3) is 11.0 Å². The average Bonchev–Trinajstić information content (AvgIpc) is 3.15. The van der Waals surface area contributed by atoms with Crippen molar-refractivity contribution < 1.29 is 4.79 Å². The van der Waals surface area contributed by atoms with Crippen molar-refractivity contribution in [1.82, 2.24) is 14.9 Å². The van der Waals surface area contributed by atoms with E-state index < -0.39 is 0 Å². The lowest BCUT2D eigenvalue weighted by atomic mass is 10.1. The van der Waals surface area contributed by atoms with Gasteiger partial charge in [-0.15, -0.1) is 0 Å². The molecule has 0 unspecified atom stereocenters. The van der Waals surface area contributed by atoms with Gasteiger partial charge in [0.05, 0.1) is 11.0 Å². The van der Waals surface area contributed by atoms with Gasteiger partial charge in [0.15, 0.2) is 0 Å². The van der Waals surface area contributed by atoms with Gasteiger partial charge in [0, 0.05) is 25.1 Å². The number of imidazole rings is 1. The smallest absolute Gasteiger partial charge is 0.251 e. The summed E-state index contributed by atoms with van der Waals surface area (Å²) in [6.07, 6.45) is 4.02. The molecule has 1 heterocycles. The minimum atomic E-state index is 0.00453. The molecule has 0 radical (unpaired) electrons. The number of carbonyl (C=O) groups excluding carboxylic acids is 1. The normalized spacial score (nSPS) is 11.1. The molecule has 0 saturated carbocycles. The van der Waals surface area contributed by atoms with Crippen LogP contribution in [0.15, 0.2) is 72.8 Å². The van der Waals surface area contributed by atoms with Gasteiger partial charge in [-0.3, -0.25) is 4.79 Å². The predicted octanol–water partition coefficient (Wildman–Crippen LogP) is 5.84. The minimum Gasteiger partial charge on any atom is -0.352 e. The van der Waals surface area contributed by atoms with E-state index in [1.165, 1.54) is 16.6 Å². The molecule has 4 aromatic rings. The largest absolute Gasteiger partial charge is 0.352 e. The molecular formula is C28H31N3O. The number of hydrogen-bond donors (Lipinski definition) is 1. The third-order valence-electron chi connectivity index (χ3n) is 5.87. The second kappa shape index (κ2) is 10.3. The van der Waals surface area contributed by atoms with Crippen molar-refractivity contribution in [3.8, 4) is 0 Å². The average molecular weight is 426 g/mol. The fraction of sp³-hybridized carbons (Fsp3) is 0.286. The van der Waals surface area contributed by atoms with Gasteiger partial charge in [-0.05, 0) is 56.5 Å². The number of benzene rings is 3. The van der Waals surface area contributed by atoms with Gasteiger partial charge in [-0.25, -0.2) is 4.98 Å². The molecule has 0 aliphatic carbocycles. The second-order valence-corrected chi connectivity index (χ2v) is 8.52. The Morgan fingerprint density at radius 2 is 1.53 bits per heavy atom. The molecule has 1 amide bonds. The first-order chi connectivity index (χ1) is 15.6. The highest BCUT2D eigenvalue weighted by Crippen LogP contribution is 2.20. The van der Waals surface area contributed by atoms with Crippen LogP contribution >= 0.6 is 0 Å². The standard InChI is InChI=1S/C28H31N3O/c1-21-11-15-23(16-12-21)20-31-26-9-6-5-8-25(26)30-27(31)10-4-3-7-19-29-28(32)24-17-13-22(2)14-18-24/h5-6,8-9,11-18H,3-4,7,10,19-20H2,1-2H3,(H,29,32). The fourth-order valence-corrected chi connectivity index (χ4v) is 3.96. The number of amides is 1. The number of carbonyl (C=O) groups is 1. The van der Waals surface area contributed by atoms with Crippen LogP contribution < -0.4 is 5.32 Å². The summed E-state index contributed by atoms with van der Waals surface area (Å²) in [5.41, 5.74) is 6.70. The van der Waals surface area contributed by atoms with Crippen molar-refractivity contribution in [3.05, 3.63) is 101 Å². The number of aryl methyl sites for hydroxylation is 3. The van der Waals surface area contributed by atoms with Gasteiger partial charge < -0.3 is 9.88 Å². The lowest BCUT2D eigenvalue weighted by Crippen LogP contribution is -2.24. The van der Waals surface area contributed by atoms with Crippen molar-refractivity contribution in [3.63, 3.8) is 0 Å². The van der Waals surface area contributed by atoms with E-state index in [1.807, 2.05) is 37.3 Å². The molecule has 4 heteroatoms. The molecule has 1 N–H and O–H groups in total. The van der Waals surface area contributed by atoms with E-state index in [9.17, 15) is 4.79 Å². The molecule has 0 spiro atoms. The Hall–Kier alpha value is -3.40. The Kier molecular flexibility index (Phi) is 7.00. The number of para-hydroxylation sites is 2. The van der Waals surface area contributed by atoms with Crippen LogP contribution in [0.5, 0.6) is 0 Å². The summed E-state index contributed by atoms with van der Waals surface area (Å²) >= 11 is 0. The molecule has 0 fully saturated rings. The molecule has 0 atom stereocenters. The Morgan fingerprint density at radius 1 is 0.844 bits per heavy atom. The summed E-state index contributed by atoms with van der Waals surface area (Å²) in [5, 5.41) is 3.03. The second-order valence-electron chi connectivity index (χ2n) is 8.52. The zero-order valence-corrected chi connectivity index (χ0v) is 19.0. The van der Waals surface area contributed by atoms with E-state index in [2.05, 4.69) is 59.3 Å². The Balaban J connectivity index is 1.31. The molecule has 0 aliphatic heterocycles. The highest BCUT2D eigenvalue weighted by atomic mass is 16.1. The number of unbranched alkanes of at least 4 members (excludes halogenated alkanes) is 2. The first kappa shape index (κ1) is 21.8. The predicted molar refractivity (Wildman–Crippen MR) is 131 cm³/mol. The number of aromatic nitrogens is 2. The van der Waals surface area contributed by atoms with Gasteiger partial charge in [-0.1, -0.05) is 66.1 Å². The quantitative estimate of drug-likeness (QED) is 0.342. The fourth-order valence-electron chi connectivity index (χ4n) is 3.96. The topological polar surface area (TPSA) is 46.9 Å². The van der Waals surface area contributed by atoms with Gasteiger partial charge in [0.25, 0.3) is 5.91 Å². The third kappa shape index (κ3) is 5.44. The lowest BCUT2D eigenvalue weighted by Gasteiger charge is -2.10. The zero-order chi connectivity index (χ0) is 22.3. The van der Waals surface area contributed by atoms with Crippen LogP contribution in [0.1, 0.15) is 52.1 Å². The molecule has 164 valence electrons. The Bertz CT molecular complexity index is 1170. The number of rotatable bonds is 9. The molecule has 1 aromatic heterocycles. The van der Waals surface area contributed by atoms with E-state index in [0.717, 1.165) is 54.7 Å². The van der Waals surface area contributed by atoms with E-state index in [4.69, 9.17) is 4.98 Å². The molecule has 0 saturated heterocycles. The number of nitrogens with one attached hydrogen (secondary N) is 1. The maximum Gasteiger partial charge on any atom is 0.251 e. The molecule has 3 aromatic carbocycles. The first-order valence-corrected chi connectivity index (χ1v) is 11.4. The molecule has 4 nitrogen and oxygen atoms in total. The summed E-state index contributed by atoms with van der Waals surface area (Å²) in [5.74, 6) is 1.14. The van der Waals surface area contributed by atoms with Crippen LogP contribution in [0.2, 0.25) is 0 Å². The van der Waals surface area contributed by atoms with Crippen molar-refractivity contribution in [1.29, 1.82) is 0 Å². The molecule has 4 rings (SSSR count). The van der Waals surface area contributed by atoms with E-state index in [-0.39, 0.29) is 5.91 Å². The molecular weight excluding hydrogens is 394 g/mol. The number of fused-ring (bicyclic) bond motifs is 1. The first-order valence-electron chi connectivity index (χ1n) is 11.4. The summed E-state index contributed by atoms with van der Waals surface area (Å²) in [6, 6.07) is 24.8. The van der Waals surface area contributed by atoms with Crippen LogP contribution in [0, 0.1) is 13.8 Å². The van der Waals surface area contributed by atoms with E-state index >= 15 is 0 Å². The van der Waals surface area contributed by atoms with Crippen molar-refractivity contribution in [2.45, 2.75) is 46.1 Å². The van der Waals surface area contributed by atoms with Crippen LogP contribution in [-0.4, -0.2) is 22.0 Å². The summed E-state index contributed by atoms with van der Waals surface area (Å²) in [4.78, 5) is 17.1. The van der Waals surface area contributed by atoms with Gasteiger partial charge in [0.2, 0.25) is 0 Å². The lowest BCUT2D eigenvalue weighted by molar-refractivity contribution is 0.0953. The molecule has 0 aliphatic rings. The van der Waals surface area contributed by atoms with Gasteiger partial charge in [-0.2, -0.15) is 0 Å². The van der Waals surface area contributed by atoms with Crippen LogP contribution in [0.4, 0.5) is 0 Å². The van der Waals surface area contributed by atoms with Crippen molar-refractivity contribution in [2.75, 3.05) is 6.54 Å². The van der Waals surface area contributed by atoms with Crippen molar-refractivity contribution in [2.24, 2.45) is 0 Å². The molecule has 32 heavy (non-hydrogen) atoms. The third-order valence-corrected chi connectivity index (χ3v) is 5.87. The number of nitrogens with zero attached hydrogens (tertiary/aromatic N) is 2.